The van der Waals surface area contributed by atoms with Crippen LogP contribution in [-0.4, -0.2) is 42.3 Å². The van der Waals surface area contributed by atoms with E-state index in [0.29, 0.717) is 35.4 Å². The number of phenolic OH excluding ortho intramolecular Hbond substituents is 1. The van der Waals surface area contributed by atoms with Crippen LogP contribution in [0.1, 0.15) is 49.0 Å². The third-order valence-electron chi connectivity index (χ3n) is 6.68. The van der Waals surface area contributed by atoms with Gasteiger partial charge in [0.2, 0.25) is 5.91 Å². The highest BCUT2D eigenvalue weighted by atomic mass is 32.3. The molecule has 0 bridgehead atoms. The molecule has 3 N–H and O–H groups in total. The van der Waals surface area contributed by atoms with Gasteiger partial charge in [0.15, 0.2) is 0 Å². The van der Waals surface area contributed by atoms with Crippen LogP contribution in [0.25, 0.3) is 0 Å². The molecule has 12 heteroatoms. The Kier molecular flexibility index (Phi) is 9.36. The van der Waals surface area contributed by atoms with Crippen LogP contribution in [0.5, 0.6) is 11.5 Å². The monoisotopic (exact) mass is 577 g/mol. The van der Waals surface area contributed by atoms with Crippen LogP contribution >= 0.6 is 0 Å². The first-order valence-electron chi connectivity index (χ1n) is 12.6. The summed E-state index contributed by atoms with van der Waals surface area (Å²) in [7, 11) is -4.49. The first kappa shape index (κ1) is 29.4. The Morgan fingerprint density at radius 2 is 1.55 bits per heavy atom. The molecule has 1 heterocycles. The number of aromatic hydroxyl groups is 1. The van der Waals surface area contributed by atoms with Crippen LogP contribution < -0.4 is 9.64 Å². The van der Waals surface area contributed by atoms with Crippen molar-refractivity contribution < 1.29 is 45.7 Å². The number of rotatable bonds is 13. The van der Waals surface area contributed by atoms with E-state index in [1.165, 1.54) is 59.5 Å². The van der Waals surface area contributed by atoms with Crippen molar-refractivity contribution in [3.63, 3.8) is 0 Å². The number of hydrogen-bond acceptors (Lipinski definition) is 7. The number of nitrogens with zero attached hydrogens (tertiary/aromatic N) is 1. The molecule has 1 aliphatic heterocycles. The Morgan fingerprint density at radius 1 is 0.925 bits per heavy atom. The Bertz CT molecular complexity index is 1420. The second-order valence-corrected chi connectivity index (χ2v) is 10.5. The molecule has 40 heavy (non-hydrogen) atoms. The number of anilines is 1. The first-order valence-corrected chi connectivity index (χ1v) is 14.0. The number of unbranched alkanes of at least 4 members (excludes halogenated alkanes) is 1. The minimum atomic E-state index is -4.49. The zero-order valence-corrected chi connectivity index (χ0v) is 22.1. The molecule has 0 radical (unpaired) electrons. The van der Waals surface area contributed by atoms with E-state index in [1.807, 2.05) is 0 Å². The molecule has 1 fully saturated rings. The number of carbonyl (C=O) groups is 1. The van der Waals surface area contributed by atoms with Gasteiger partial charge in [0.25, 0.3) is 0 Å². The largest absolute Gasteiger partial charge is 0.507 e. The van der Waals surface area contributed by atoms with Crippen molar-refractivity contribution in [2.45, 2.75) is 37.8 Å². The minimum absolute atomic E-state index is 0.124. The molecule has 1 aliphatic rings. The average molecular weight is 578 g/mol. The van der Waals surface area contributed by atoms with E-state index in [9.17, 15) is 32.2 Å². The van der Waals surface area contributed by atoms with E-state index in [0.717, 1.165) is 0 Å². The Labute approximate surface area is 230 Å². The lowest BCUT2D eigenvalue weighted by Gasteiger charge is -2.48. The summed E-state index contributed by atoms with van der Waals surface area (Å²) in [6.07, 6.45) is 0.321. The van der Waals surface area contributed by atoms with Crippen molar-refractivity contribution in [1.82, 2.24) is 0 Å². The summed E-state index contributed by atoms with van der Waals surface area (Å²) >= 11 is 0. The fourth-order valence-corrected chi connectivity index (χ4v) is 5.01. The molecule has 1 amide bonds. The van der Waals surface area contributed by atoms with Gasteiger partial charge < -0.3 is 19.8 Å². The number of hydrogen-bond donors (Lipinski definition) is 3. The van der Waals surface area contributed by atoms with Gasteiger partial charge in [-0.1, -0.05) is 12.1 Å². The molecule has 3 aromatic rings. The molecule has 0 aromatic heterocycles. The molecular formula is C28H29F2NO8S. The Balaban J connectivity index is 1.46. The number of amides is 1. The van der Waals surface area contributed by atoms with Gasteiger partial charge in [-0.3, -0.25) is 9.35 Å². The van der Waals surface area contributed by atoms with Crippen LogP contribution in [0.3, 0.4) is 0 Å². The van der Waals surface area contributed by atoms with E-state index in [1.54, 1.807) is 12.1 Å². The zero-order chi connectivity index (χ0) is 28.9. The molecule has 9 nitrogen and oxygen atoms in total. The highest BCUT2D eigenvalue weighted by Gasteiger charge is 2.49. The van der Waals surface area contributed by atoms with Gasteiger partial charge in [-0.2, -0.15) is 8.42 Å². The summed E-state index contributed by atoms with van der Waals surface area (Å²) in [5.41, 5.74) is 1.42. The molecule has 214 valence electrons. The van der Waals surface area contributed by atoms with Gasteiger partial charge in [-0.05, 0) is 79.8 Å². The molecule has 3 atom stereocenters. The van der Waals surface area contributed by atoms with Crippen LogP contribution in [0.4, 0.5) is 14.5 Å². The van der Waals surface area contributed by atoms with Gasteiger partial charge in [-0.25, -0.2) is 13.0 Å². The maximum Gasteiger partial charge on any atom is 0.397 e. The molecule has 1 saturated heterocycles. The molecule has 3 aromatic carbocycles. The highest BCUT2D eigenvalue weighted by Crippen LogP contribution is 2.49. The normalized spacial score (nSPS) is 17.9. The second kappa shape index (κ2) is 12.7. The van der Waals surface area contributed by atoms with E-state index in [2.05, 4.69) is 4.18 Å². The van der Waals surface area contributed by atoms with Crippen molar-refractivity contribution in [1.29, 1.82) is 0 Å². The fraction of sp³-hybridized carbons (Fsp3) is 0.321. The second-order valence-electron chi connectivity index (χ2n) is 9.41. The summed E-state index contributed by atoms with van der Waals surface area (Å²) in [5, 5.41) is 21.5. The van der Waals surface area contributed by atoms with Gasteiger partial charge in [0.1, 0.15) is 23.1 Å². The van der Waals surface area contributed by atoms with E-state index in [4.69, 9.17) is 9.29 Å². The van der Waals surface area contributed by atoms with Gasteiger partial charge >= 0.3 is 10.4 Å². The zero-order valence-electron chi connectivity index (χ0n) is 21.3. The molecule has 0 aliphatic carbocycles. The lowest BCUT2D eigenvalue weighted by atomic mass is 9.78. The number of ether oxygens (including phenoxy) is 1. The lowest BCUT2D eigenvalue weighted by Crippen LogP contribution is -2.55. The van der Waals surface area contributed by atoms with Crippen molar-refractivity contribution in [3.8, 4) is 11.5 Å². The van der Waals surface area contributed by atoms with Crippen molar-refractivity contribution in [3.05, 3.63) is 89.5 Å². The van der Waals surface area contributed by atoms with E-state index in [-0.39, 0.29) is 37.7 Å². The van der Waals surface area contributed by atoms with Gasteiger partial charge in [0.05, 0.1) is 31.3 Å². The number of phenols is 1. The van der Waals surface area contributed by atoms with Crippen molar-refractivity contribution in [2.24, 2.45) is 5.92 Å². The number of carbonyl (C=O) groups excluding carboxylic acids is 1. The Hall–Kier alpha value is -3.58. The van der Waals surface area contributed by atoms with Crippen LogP contribution in [0, 0.1) is 17.6 Å². The average Bonchev–Trinajstić information content (AvgIpc) is 2.90. The third-order valence-corrected chi connectivity index (χ3v) is 7.15. The third kappa shape index (κ3) is 7.33. The molecule has 4 rings (SSSR count). The highest BCUT2D eigenvalue weighted by molar-refractivity contribution is 7.80. The minimum Gasteiger partial charge on any atom is -0.507 e. The summed E-state index contributed by atoms with van der Waals surface area (Å²) in [4.78, 5) is 14.7. The predicted molar refractivity (Wildman–Crippen MR) is 141 cm³/mol. The SMILES string of the molecule is O=C1C(CCC(O)c2ccc(F)cc2)C(c2ccc(OCCCCOS(=O)(=O)O)cc2O)N1c1ccc(F)cc1. The number of benzene rings is 3. The molecule has 0 spiro atoms. The number of aliphatic hydroxyl groups is 1. The maximum atomic E-state index is 13.5. The van der Waals surface area contributed by atoms with Crippen LogP contribution in [0.15, 0.2) is 66.7 Å². The molecule has 3 unspecified atom stereocenters. The summed E-state index contributed by atoms with van der Waals surface area (Å²) < 4.78 is 66.3. The number of aliphatic hydroxyl groups excluding tert-OH is 1. The first-order chi connectivity index (χ1) is 19.0. The predicted octanol–water partition coefficient (Wildman–Crippen LogP) is 4.87. The smallest absolute Gasteiger partial charge is 0.397 e. The number of β-lactam (4-membered cyclic amide) rings is 1. The van der Waals surface area contributed by atoms with Crippen molar-refractivity contribution in [2.75, 3.05) is 18.1 Å². The fourth-order valence-electron chi connectivity index (χ4n) is 4.69. The summed E-state index contributed by atoms with van der Waals surface area (Å²) in [6, 6.07) is 15.0. The summed E-state index contributed by atoms with van der Waals surface area (Å²) in [6.45, 7) is -0.000301. The standard InChI is InChI=1S/C28H29F2NO8S/c29-19-5-3-18(4-6-19)25(32)14-13-24-27(31(28(24)34)21-9-7-20(30)8-10-21)23-12-11-22(17-26(23)33)38-15-1-2-16-39-40(35,36)37/h3-12,17,24-25,27,32-33H,1-2,13-16H2,(H,35,36,37). The lowest BCUT2D eigenvalue weighted by molar-refractivity contribution is -0.131. The van der Waals surface area contributed by atoms with Gasteiger partial charge in [0, 0.05) is 17.3 Å². The number of halogens is 2. The van der Waals surface area contributed by atoms with Crippen molar-refractivity contribution >= 4 is 22.0 Å². The Morgan fingerprint density at radius 3 is 2.17 bits per heavy atom. The topological polar surface area (TPSA) is 134 Å². The van der Waals surface area contributed by atoms with Crippen LogP contribution in [0.2, 0.25) is 0 Å². The summed E-state index contributed by atoms with van der Waals surface area (Å²) in [5.74, 6) is -1.48. The van der Waals surface area contributed by atoms with E-state index >= 15 is 0 Å². The van der Waals surface area contributed by atoms with Gasteiger partial charge in [-0.15, -0.1) is 0 Å². The molecular weight excluding hydrogens is 548 g/mol. The quantitative estimate of drug-likeness (QED) is 0.149. The maximum absolute atomic E-state index is 13.5. The van der Waals surface area contributed by atoms with E-state index < -0.39 is 40.1 Å². The molecule has 0 saturated carbocycles. The van der Waals surface area contributed by atoms with Crippen LogP contribution in [-0.2, 0) is 19.4 Å².